The first-order valence-corrected chi connectivity index (χ1v) is 15.4. The van der Waals surface area contributed by atoms with E-state index in [9.17, 15) is 18.0 Å². The molecule has 0 aliphatic heterocycles. The van der Waals surface area contributed by atoms with Crippen LogP contribution in [0.5, 0.6) is 0 Å². The summed E-state index contributed by atoms with van der Waals surface area (Å²) < 4.78 is 28.8. The molecule has 0 aromatic heterocycles. The van der Waals surface area contributed by atoms with E-state index in [0.29, 0.717) is 0 Å². The average Bonchev–Trinajstić information content (AvgIpc) is 3.43. The third kappa shape index (κ3) is 7.36. The molecule has 0 heterocycles. The summed E-state index contributed by atoms with van der Waals surface area (Å²) in [5.74, 6) is -0.806. The SMILES string of the molecule is Cc1ccc(S(=O)(=O)N(CC(=O)N(Cc2ccccc2)[C@@H](C)C(=O)NC2CCCC2)c2cc(Cl)cc(Cl)c2)cc1. The summed E-state index contributed by atoms with van der Waals surface area (Å²) >= 11 is 12.5. The van der Waals surface area contributed by atoms with Gasteiger partial charge in [-0.2, -0.15) is 0 Å². The minimum atomic E-state index is -4.20. The molecule has 0 spiro atoms. The number of nitrogens with one attached hydrogen (secondary N) is 1. The zero-order chi connectivity index (χ0) is 28.9. The van der Waals surface area contributed by atoms with E-state index in [-0.39, 0.29) is 39.1 Å². The van der Waals surface area contributed by atoms with Gasteiger partial charge in [0.15, 0.2) is 0 Å². The third-order valence-corrected chi connectivity index (χ3v) is 9.31. The van der Waals surface area contributed by atoms with Crippen molar-refractivity contribution in [2.45, 2.75) is 63.1 Å². The van der Waals surface area contributed by atoms with Crippen molar-refractivity contribution in [2.75, 3.05) is 10.8 Å². The van der Waals surface area contributed by atoms with Gasteiger partial charge in [0.05, 0.1) is 10.6 Å². The lowest BCUT2D eigenvalue weighted by atomic mass is 10.1. The average molecular weight is 603 g/mol. The molecular formula is C30H33Cl2N3O4S. The Morgan fingerprint density at radius 2 is 1.55 bits per heavy atom. The second kappa shape index (κ2) is 13.1. The van der Waals surface area contributed by atoms with Gasteiger partial charge in [-0.15, -0.1) is 0 Å². The lowest BCUT2D eigenvalue weighted by Gasteiger charge is -2.32. The van der Waals surface area contributed by atoms with E-state index in [4.69, 9.17) is 23.2 Å². The van der Waals surface area contributed by atoms with Crippen LogP contribution in [0.25, 0.3) is 0 Å². The quantitative estimate of drug-likeness (QED) is 0.310. The van der Waals surface area contributed by atoms with Gasteiger partial charge in [0.25, 0.3) is 10.0 Å². The number of halogens is 2. The maximum absolute atomic E-state index is 14.0. The summed E-state index contributed by atoms with van der Waals surface area (Å²) in [6.07, 6.45) is 3.92. The van der Waals surface area contributed by atoms with Crippen LogP contribution in [-0.4, -0.2) is 43.8 Å². The van der Waals surface area contributed by atoms with Gasteiger partial charge >= 0.3 is 0 Å². The predicted octanol–water partition coefficient (Wildman–Crippen LogP) is 5.97. The van der Waals surface area contributed by atoms with Gasteiger partial charge in [0.2, 0.25) is 11.8 Å². The molecule has 10 heteroatoms. The molecule has 0 saturated heterocycles. The number of amides is 2. The molecule has 1 aliphatic rings. The Balaban J connectivity index is 1.70. The van der Waals surface area contributed by atoms with Crippen molar-refractivity contribution >= 4 is 50.7 Å². The molecule has 1 saturated carbocycles. The molecule has 0 radical (unpaired) electrons. The number of benzene rings is 3. The number of rotatable bonds is 10. The molecule has 40 heavy (non-hydrogen) atoms. The van der Waals surface area contributed by atoms with Crippen molar-refractivity contribution in [1.82, 2.24) is 10.2 Å². The van der Waals surface area contributed by atoms with Gasteiger partial charge in [0.1, 0.15) is 12.6 Å². The van der Waals surface area contributed by atoms with Crippen molar-refractivity contribution < 1.29 is 18.0 Å². The Labute approximate surface area is 246 Å². The van der Waals surface area contributed by atoms with Crippen molar-refractivity contribution in [1.29, 1.82) is 0 Å². The molecule has 7 nitrogen and oxygen atoms in total. The van der Waals surface area contributed by atoms with Crippen LogP contribution in [0.2, 0.25) is 10.0 Å². The van der Waals surface area contributed by atoms with Gasteiger partial charge < -0.3 is 10.2 Å². The smallest absolute Gasteiger partial charge is 0.264 e. The number of carbonyl (C=O) groups excluding carboxylic acids is 2. The molecule has 4 rings (SSSR count). The first-order valence-electron chi connectivity index (χ1n) is 13.2. The van der Waals surface area contributed by atoms with Crippen LogP contribution in [0, 0.1) is 6.92 Å². The van der Waals surface area contributed by atoms with Crippen LogP contribution >= 0.6 is 23.2 Å². The van der Waals surface area contributed by atoms with Crippen molar-refractivity contribution in [2.24, 2.45) is 0 Å². The molecule has 3 aromatic carbocycles. The van der Waals surface area contributed by atoms with Crippen molar-refractivity contribution in [3.8, 4) is 0 Å². The predicted molar refractivity (Wildman–Crippen MR) is 159 cm³/mol. The maximum atomic E-state index is 14.0. The number of carbonyl (C=O) groups is 2. The number of hydrogen-bond acceptors (Lipinski definition) is 4. The number of aryl methyl sites for hydroxylation is 1. The Bertz CT molecular complexity index is 1420. The molecule has 1 atom stereocenters. The van der Waals surface area contributed by atoms with Crippen molar-refractivity contribution in [3.63, 3.8) is 0 Å². The van der Waals surface area contributed by atoms with Crippen molar-refractivity contribution in [3.05, 3.63) is 94.0 Å². The summed E-state index contributed by atoms with van der Waals surface area (Å²) in [5.41, 5.74) is 1.85. The summed E-state index contributed by atoms with van der Waals surface area (Å²) in [5, 5.41) is 3.51. The topological polar surface area (TPSA) is 86.8 Å². The molecule has 212 valence electrons. The Morgan fingerprint density at radius 1 is 0.950 bits per heavy atom. The highest BCUT2D eigenvalue weighted by molar-refractivity contribution is 7.92. The van der Waals surface area contributed by atoms with Gasteiger partial charge in [-0.25, -0.2) is 8.42 Å². The first-order chi connectivity index (χ1) is 19.0. The molecule has 1 aliphatic carbocycles. The standard InChI is InChI=1S/C30H33Cl2N3O4S/c1-21-12-14-28(15-13-21)40(38,39)35(27-17-24(31)16-25(32)18-27)20-29(36)34(19-23-8-4-3-5-9-23)22(2)30(37)33-26-10-6-7-11-26/h3-5,8-9,12-18,22,26H,6-7,10-11,19-20H2,1-2H3,(H,33,37)/t22-/m0/s1. The number of nitrogens with zero attached hydrogens (tertiary/aromatic N) is 2. The Hall–Kier alpha value is -3.07. The largest absolute Gasteiger partial charge is 0.352 e. The zero-order valence-corrected chi connectivity index (χ0v) is 24.8. The van der Waals surface area contributed by atoms with Crippen LogP contribution < -0.4 is 9.62 Å². The highest BCUT2D eigenvalue weighted by Crippen LogP contribution is 2.30. The second-order valence-corrected chi connectivity index (χ2v) is 12.9. The number of anilines is 1. The normalized spacial score (nSPS) is 14.5. The molecule has 2 amide bonds. The van der Waals surface area contributed by atoms with Gasteiger partial charge in [-0.05, 0) is 62.6 Å². The fourth-order valence-corrected chi connectivity index (χ4v) is 6.72. The fraction of sp³-hybridized carbons (Fsp3) is 0.333. The minimum absolute atomic E-state index is 0.0173. The van der Waals surface area contributed by atoms with Crippen LogP contribution in [0.4, 0.5) is 5.69 Å². The second-order valence-electron chi connectivity index (χ2n) is 10.1. The summed E-state index contributed by atoms with van der Waals surface area (Å²) in [6, 6.07) is 19.3. The highest BCUT2D eigenvalue weighted by atomic mass is 35.5. The van der Waals surface area contributed by atoms with E-state index in [1.165, 1.54) is 35.2 Å². The monoisotopic (exact) mass is 601 g/mol. The van der Waals surface area contributed by atoms with E-state index in [2.05, 4.69) is 5.32 Å². The van der Waals surface area contributed by atoms with Crippen LogP contribution in [0.3, 0.4) is 0 Å². The third-order valence-electron chi connectivity index (χ3n) is 7.09. The zero-order valence-electron chi connectivity index (χ0n) is 22.5. The lowest BCUT2D eigenvalue weighted by Crippen LogP contribution is -2.52. The summed E-state index contributed by atoms with van der Waals surface area (Å²) in [4.78, 5) is 28.7. The molecule has 0 unspecified atom stereocenters. The number of hydrogen-bond donors (Lipinski definition) is 1. The van der Waals surface area contributed by atoms with Crippen LogP contribution in [-0.2, 0) is 26.2 Å². The van der Waals surface area contributed by atoms with E-state index >= 15 is 0 Å². The Kier molecular flexibility index (Phi) is 9.77. The van der Waals surface area contributed by atoms with Gasteiger partial charge in [-0.3, -0.25) is 13.9 Å². The molecule has 0 bridgehead atoms. The minimum Gasteiger partial charge on any atom is -0.352 e. The van der Waals surface area contributed by atoms with Crippen LogP contribution in [0.15, 0.2) is 77.7 Å². The van der Waals surface area contributed by atoms with E-state index in [1.807, 2.05) is 37.3 Å². The highest BCUT2D eigenvalue weighted by Gasteiger charge is 2.33. The van der Waals surface area contributed by atoms with E-state index < -0.39 is 28.5 Å². The summed E-state index contributed by atoms with van der Waals surface area (Å²) in [7, 11) is -4.20. The molecular weight excluding hydrogens is 569 g/mol. The van der Waals surface area contributed by atoms with Crippen LogP contribution in [0.1, 0.15) is 43.7 Å². The number of sulfonamides is 1. The van der Waals surface area contributed by atoms with Gasteiger partial charge in [0, 0.05) is 22.6 Å². The van der Waals surface area contributed by atoms with Gasteiger partial charge in [-0.1, -0.05) is 84.1 Å². The first kappa shape index (κ1) is 29.9. The molecule has 1 fully saturated rings. The van der Waals surface area contributed by atoms with E-state index in [0.717, 1.165) is 41.1 Å². The lowest BCUT2D eigenvalue weighted by molar-refractivity contribution is -0.139. The molecule has 1 N–H and O–H groups in total. The maximum Gasteiger partial charge on any atom is 0.264 e. The Morgan fingerprint density at radius 3 is 2.15 bits per heavy atom. The van der Waals surface area contributed by atoms with E-state index in [1.54, 1.807) is 19.1 Å². The molecule has 3 aromatic rings. The summed E-state index contributed by atoms with van der Waals surface area (Å²) in [6.45, 7) is 3.10. The fourth-order valence-electron chi connectivity index (χ4n) is 4.80.